The predicted octanol–water partition coefficient (Wildman–Crippen LogP) is -0.492. The minimum Gasteiger partial charge on any atom is -0.412 e. The van der Waals surface area contributed by atoms with Gasteiger partial charge in [0.25, 0.3) is 5.91 Å². The number of alkyl halides is 2. The summed E-state index contributed by atoms with van der Waals surface area (Å²) >= 11 is 0. The largest absolute Gasteiger partial charge is 0.412 e. The Morgan fingerprint density at radius 3 is 1.78 bits per heavy atom. The second-order valence-corrected chi connectivity index (χ2v) is 11.4. The minimum absolute atomic E-state index is 0. The number of carbonyl (C=O) groups excluding carboxylic acids is 1. The Morgan fingerprint density at radius 2 is 1.31 bits per heavy atom. The van der Waals surface area contributed by atoms with Crippen molar-refractivity contribution in [3.63, 3.8) is 0 Å². The highest BCUT2D eigenvalue weighted by atomic mass is 19.1. The van der Waals surface area contributed by atoms with Gasteiger partial charge in [-0.2, -0.15) is 10.2 Å². The number of anilines is 2. The zero-order valence-corrected chi connectivity index (χ0v) is 28.6. The van der Waals surface area contributed by atoms with E-state index in [1.807, 2.05) is 0 Å². The summed E-state index contributed by atoms with van der Waals surface area (Å²) in [6.45, 7) is -1.43. The van der Waals surface area contributed by atoms with E-state index in [-0.39, 0.29) is 34.9 Å². The van der Waals surface area contributed by atoms with Gasteiger partial charge in [0.05, 0.1) is 24.6 Å². The lowest BCUT2D eigenvalue weighted by molar-refractivity contribution is -0.0732. The van der Waals surface area contributed by atoms with E-state index in [1.165, 1.54) is 27.8 Å². The maximum atomic E-state index is 14.8. The van der Waals surface area contributed by atoms with Gasteiger partial charge in [-0.15, -0.1) is 12.8 Å². The molecule has 2 aliphatic rings. The average Bonchev–Trinajstić information content (AvgIpc) is 3.93. The quantitative estimate of drug-likeness (QED) is 0.102. The fourth-order valence-corrected chi connectivity index (χ4v) is 5.83. The van der Waals surface area contributed by atoms with Crippen LogP contribution in [0.5, 0.6) is 0 Å². The van der Waals surface area contributed by atoms with Gasteiger partial charge in [-0.3, -0.25) is 4.79 Å². The summed E-state index contributed by atoms with van der Waals surface area (Å²) in [5.74, 6) is 4.36. The van der Waals surface area contributed by atoms with Gasteiger partial charge >= 0.3 is 0 Å². The van der Waals surface area contributed by atoms with Crippen LogP contribution in [-0.4, -0.2) is 122 Å². The third-order valence-corrected chi connectivity index (χ3v) is 8.61. The number of hydrogen-bond acceptors (Lipinski definition) is 14. The molecule has 0 saturated carbocycles. The van der Waals surface area contributed by atoms with Crippen LogP contribution in [0.15, 0.2) is 67.3 Å². The number of aliphatic hydroxyl groups excluding tert-OH is 5. The van der Waals surface area contributed by atoms with E-state index in [0.29, 0.717) is 22.3 Å². The zero-order valence-electron chi connectivity index (χ0n) is 28.6. The highest BCUT2D eigenvalue weighted by Crippen LogP contribution is 2.43. The number of rotatable bonds is 6. The van der Waals surface area contributed by atoms with Crippen LogP contribution in [0.3, 0.4) is 0 Å². The number of carbonyl (C=O) groups is 1. The number of nitrogens with one attached hydrogen (secondary N) is 1. The van der Waals surface area contributed by atoms with Crippen LogP contribution in [0.25, 0.3) is 11.0 Å². The summed E-state index contributed by atoms with van der Waals surface area (Å²) in [5, 5.41) is 56.7. The normalized spacial score (nSPS) is 26.9. The summed E-state index contributed by atoms with van der Waals surface area (Å²) < 4.78 is 42.8. The number of halogens is 2. The number of benzene rings is 1. The van der Waals surface area contributed by atoms with Crippen molar-refractivity contribution in [2.24, 2.45) is 0 Å². The fourth-order valence-electron chi connectivity index (χ4n) is 5.83. The van der Waals surface area contributed by atoms with Crippen molar-refractivity contribution in [3.8, 4) is 24.7 Å². The molecular formula is C34H39F2N9O9. The van der Waals surface area contributed by atoms with Gasteiger partial charge in [-0.05, 0) is 36.4 Å². The van der Waals surface area contributed by atoms with Crippen molar-refractivity contribution < 1.29 is 54.1 Å². The van der Waals surface area contributed by atoms with E-state index >= 15 is 0 Å². The van der Waals surface area contributed by atoms with Gasteiger partial charge in [0.2, 0.25) is 0 Å². The first-order chi connectivity index (χ1) is 25.0. The van der Waals surface area contributed by atoms with Crippen LogP contribution >= 0.6 is 0 Å². The van der Waals surface area contributed by atoms with Crippen LogP contribution in [0.2, 0.25) is 0 Å². The summed E-state index contributed by atoms with van der Waals surface area (Å²) in [6.07, 6.45) is 3.60. The number of fused-ring (bicyclic) bond motifs is 2. The van der Waals surface area contributed by atoms with Crippen molar-refractivity contribution in [1.29, 1.82) is 0 Å². The number of aliphatic hydroxyl groups is 5. The number of ether oxygens (including phenoxy) is 2. The Balaban J connectivity index is 0.000000279. The Morgan fingerprint density at radius 1 is 0.852 bits per heavy atom. The first-order valence-electron chi connectivity index (χ1n) is 15.4. The second-order valence-electron chi connectivity index (χ2n) is 11.4. The minimum atomic E-state index is -1.88. The van der Waals surface area contributed by atoms with Gasteiger partial charge in [0.15, 0.2) is 35.2 Å². The Hall–Kier alpha value is -5.65. The highest BCUT2D eigenvalue weighted by Gasteiger charge is 2.56. The number of nitrogens with two attached hydrogens (primary N) is 1. The second kappa shape index (κ2) is 17.5. The molecule has 0 aliphatic carbocycles. The van der Waals surface area contributed by atoms with E-state index in [0.717, 1.165) is 7.11 Å². The third kappa shape index (κ3) is 7.29. The number of nitrogens with zero attached hydrogens (tertiary/aromatic N) is 6. The van der Waals surface area contributed by atoms with Crippen molar-refractivity contribution in [2.45, 2.75) is 48.0 Å². The molecule has 20 heteroatoms. The molecule has 5 aromatic rings. The number of nitrogen functional groups attached to an aromatic ring is 1. The molecule has 0 bridgehead atoms. The van der Waals surface area contributed by atoms with E-state index < -0.39 is 61.2 Å². The van der Waals surface area contributed by atoms with Crippen molar-refractivity contribution in [2.75, 3.05) is 31.4 Å². The number of amides is 1. The van der Waals surface area contributed by atoms with Crippen molar-refractivity contribution in [3.05, 3.63) is 84.2 Å². The fraction of sp³-hybridized carbons (Fsp3) is 0.324. The molecule has 1 aromatic carbocycles. The molecule has 6 heterocycles. The van der Waals surface area contributed by atoms with Crippen LogP contribution in [0.1, 0.15) is 34.0 Å². The molecule has 0 unspecified atom stereocenters. The molecule has 1 amide bonds. The Bertz CT molecular complexity index is 2130. The van der Waals surface area contributed by atoms with Crippen LogP contribution in [0, 0.1) is 24.7 Å². The lowest BCUT2D eigenvalue weighted by Gasteiger charge is -2.23. The third-order valence-electron chi connectivity index (χ3n) is 8.61. The molecule has 2 aliphatic heterocycles. The zero-order chi connectivity index (χ0) is 37.8. The van der Waals surface area contributed by atoms with E-state index in [2.05, 4.69) is 37.3 Å². The van der Waals surface area contributed by atoms with E-state index in [9.17, 15) is 34.0 Å². The molecule has 288 valence electrons. The van der Waals surface area contributed by atoms with E-state index in [4.69, 9.17) is 33.2 Å². The molecule has 13 N–H and O–H groups in total. The standard InChI is InChI=1S/C20H17FN4O4.C13H13FN4O3.CH4O.H3N.H2O/c1-2-20(10-26)17(27)15(21)16(29-20)13-8-9-14-18(22-11-23-25(13)14)24-19(28)12-6-4-3-5-7-12;1-2-13(5-19)11(20)9(14)10(21-13)7-3-4-8-12(15)16-6-17-18(7)8;1-2;;/h1,3-9,11,15-17,26-27H,10H2,(H,22,23,24,28);1,3-4,6,9-11,19-20H,5H2,(H2,15,16,17);2H,1H3;1H3;1H2/t15-,16-,17-,20+;9-,10-,11-,13+;;;/m00.../s1. The topological polar surface area (TPSA) is 302 Å². The summed E-state index contributed by atoms with van der Waals surface area (Å²) in [6, 6.07) is 14.9. The predicted molar refractivity (Wildman–Crippen MR) is 188 cm³/mol. The number of hydrogen-bond donors (Lipinski definition) is 8. The van der Waals surface area contributed by atoms with Crippen LogP contribution < -0.4 is 17.2 Å². The Labute approximate surface area is 306 Å². The average molecular weight is 756 g/mol. The lowest BCUT2D eigenvalue weighted by Crippen LogP contribution is -2.44. The van der Waals surface area contributed by atoms with Crippen LogP contribution in [0.4, 0.5) is 20.4 Å². The molecule has 4 aromatic heterocycles. The van der Waals surface area contributed by atoms with Gasteiger partial charge in [-0.25, -0.2) is 27.8 Å². The van der Waals surface area contributed by atoms with Gasteiger partial charge in [0, 0.05) is 12.7 Å². The van der Waals surface area contributed by atoms with Crippen LogP contribution in [-0.2, 0) is 9.47 Å². The van der Waals surface area contributed by atoms with Gasteiger partial charge in [0.1, 0.15) is 48.1 Å². The molecule has 7 rings (SSSR count). The first kappa shape index (κ1) is 42.8. The summed E-state index contributed by atoms with van der Waals surface area (Å²) in [7, 11) is 1.00. The molecule has 0 spiro atoms. The maximum Gasteiger partial charge on any atom is 0.256 e. The molecule has 18 nitrogen and oxygen atoms in total. The molecule has 8 atom stereocenters. The number of aromatic nitrogens is 6. The Kier molecular flexibility index (Phi) is 13.8. The van der Waals surface area contributed by atoms with Gasteiger partial charge < -0.3 is 57.7 Å². The molecule has 0 radical (unpaired) electrons. The lowest BCUT2D eigenvalue weighted by atomic mass is 9.96. The molecular weight excluding hydrogens is 716 g/mol. The smallest absolute Gasteiger partial charge is 0.256 e. The molecule has 54 heavy (non-hydrogen) atoms. The van der Waals surface area contributed by atoms with Crippen molar-refractivity contribution >= 4 is 28.6 Å². The summed E-state index contributed by atoms with van der Waals surface area (Å²) in [5.41, 5.74) is 4.02. The SMILES string of the molecule is C#C[C@]1(CO)O[C@@H](c2ccc3c(N)ncnn23)[C@H](F)[C@@H]1O.C#C[C@]1(CO)O[C@@H](c2ccc3c(NC(=O)c4ccccc4)ncnn23)[C@H](F)[C@@H]1O.CO.N.O. The monoisotopic (exact) mass is 755 g/mol. The molecule has 2 saturated heterocycles. The first-order valence-corrected chi connectivity index (χ1v) is 15.4. The van der Waals surface area contributed by atoms with Gasteiger partial charge in [-0.1, -0.05) is 30.0 Å². The number of terminal acetylenes is 2. The maximum absolute atomic E-state index is 14.8. The van der Waals surface area contributed by atoms with Crippen molar-refractivity contribution in [1.82, 2.24) is 35.3 Å². The van der Waals surface area contributed by atoms with E-state index in [1.54, 1.807) is 48.5 Å². The molecule has 2 fully saturated rings. The summed E-state index contributed by atoms with van der Waals surface area (Å²) in [4.78, 5) is 20.3. The highest BCUT2D eigenvalue weighted by molar-refractivity contribution is 6.05.